The van der Waals surface area contributed by atoms with Crippen LogP contribution in [0.4, 0.5) is 14.5 Å². The molecule has 1 atom stereocenters. The van der Waals surface area contributed by atoms with Crippen LogP contribution < -0.4 is 4.90 Å². The fourth-order valence-electron chi connectivity index (χ4n) is 3.55. The maximum Gasteiger partial charge on any atom is 0.303 e. The van der Waals surface area contributed by atoms with Crippen molar-refractivity contribution in [2.45, 2.75) is 32.3 Å². The highest BCUT2D eigenvalue weighted by molar-refractivity contribution is 5.67. The van der Waals surface area contributed by atoms with Crippen molar-refractivity contribution in [3.05, 3.63) is 23.5 Å². The van der Waals surface area contributed by atoms with Gasteiger partial charge in [0.15, 0.2) is 0 Å². The maximum atomic E-state index is 14.1. The van der Waals surface area contributed by atoms with Gasteiger partial charge in [-0.1, -0.05) is 5.21 Å². The van der Waals surface area contributed by atoms with Crippen LogP contribution >= 0.6 is 0 Å². The number of anilines is 1. The second kappa shape index (κ2) is 7.18. The SMILES string of the molecule is Cc1nc(-c2nnn(C)c2CO)ccc1N1C[C@@H](CC(=O)O)CC(F)(F)C1. The van der Waals surface area contributed by atoms with Gasteiger partial charge in [-0.05, 0) is 25.0 Å². The average molecular weight is 381 g/mol. The van der Waals surface area contributed by atoms with Gasteiger partial charge in [0.05, 0.1) is 42.3 Å². The van der Waals surface area contributed by atoms with Crippen LogP contribution in [0.15, 0.2) is 12.1 Å². The summed E-state index contributed by atoms with van der Waals surface area (Å²) in [5, 5.41) is 26.3. The largest absolute Gasteiger partial charge is 0.481 e. The molecule has 3 heterocycles. The third kappa shape index (κ3) is 4.05. The molecule has 0 aliphatic carbocycles. The molecule has 0 amide bonds. The van der Waals surface area contributed by atoms with Gasteiger partial charge in [0.25, 0.3) is 5.92 Å². The summed E-state index contributed by atoms with van der Waals surface area (Å²) >= 11 is 0. The first kappa shape index (κ1) is 19.2. The number of aliphatic carboxylic acids is 1. The summed E-state index contributed by atoms with van der Waals surface area (Å²) in [4.78, 5) is 16.9. The molecule has 2 N–H and O–H groups in total. The number of pyridine rings is 1. The zero-order valence-corrected chi connectivity index (χ0v) is 15.1. The van der Waals surface area contributed by atoms with Gasteiger partial charge in [0.1, 0.15) is 5.69 Å². The summed E-state index contributed by atoms with van der Waals surface area (Å²) in [5.74, 6) is -4.67. The molecule has 0 spiro atoms. The second-order valence-corrected chi connectivity index (χ2v) is 6.87. The standard InChI is InChI=1S/C17H21F2N5O3/c1-10-13(24-7-11(5-15(26)27)6-17(18,19)9-24)4-3-12(20-10)16-14(8-25)23(2)22-21-16/h3-4,11,25H,5-9H2,1-2H3,(H,26,27)/t11-/m0/s1. The number of aromatic nitrogens is 4. The summed E-state index contributed by atoms with van der Waals surface area (Å²) in [6, 6.07) is 3.32. The van der Waals surface area contributed by atoms with Gasteiger partial charge in [0.2, 0.25) is 0 Å². The molecule has 1 aliphatic heterocycles. The van der Waals surface area contributed by atoms with Crippen molar-refractivity contribution in [1.29, 1.82) is 0 Å². The fourth-order valence-corrected chi connectivity index (χ4v) is 3.55. The molecule has 1 aliphatic rings. The van der Waals surface area contributed by atoms with Crippen LogP contribution in [-0.4, -0.2) is 55.2 Å². The van der Waals surface area contributed by atoms with Crippen LogP contribution in [0.3, 0.4) is 0 Å². The van der Waals surface area contributed by atoms with E-state index in [0.717, 1.165) is 0 Å². The molecule has 8 nitrogen and oxygen atoms in total. The molecular formula is C17H21F2N5O3. The Morgan fingerprint density at radius 2 is 2.15 bits per heavy atom. The van der Waals surface area contributed by atoms with Crippen molar-refractivity contribution in [2.24, 2.45) is 13.0 Å². The lowest BCUT2D eigenvalue weighted by atomic mass is 9.92. The van der Waals surface area contributed by atoms with Gasteiger partial charge in [-0.25, -0.2) is 18.4 Å². The van der Waals surface area contributed by atoms with Crippen molar-refractivity contribution in [3.8, 4) is 11.4 Å². The molecule has 0 radical (unpaired) electrons. The Bertz CT molecular complexity index is 855. The number of carboxylic acids is 1. The normalized spacial score (nSPS) is 19.3. The summed E-state index contributed by atoms with van der Waals surface area (Å²) in [6.45, 7) is 1.21. The van der Waals surface area contributed by atoms with Crippen molar-refractivity contribution >= 4 is 11.7 Å². The van der Waals surface area contributed by atoms with Crippen molar-refractivity contribution in [2.75, 3.05) is 18.0 Å². The molecule has 146 valence electrons. The van der Waals surface area contributed by atoms with Crippen LogP contribution in [0.5, 0.6) is 0 Å². The Balaban J connectivity index is 1.89. The Hall–Kier alpha value is -2.62. The van der Waals surface area contributed by atoms with Crippen LogP contribution in [-0.2, 0) is 18.4 Å². The predicted octanol–water partition coefficient (Wildman–Crippen LogP) is 1.61. The van der Waals surface area contributed by atoms with Gasteiger partial charge in [0, 0.05) is 20.0 Å². The lowest BCUT2D eigenvalue weighted by molar-refractivity contribution is -0.139. The van der Waals surface area contributed by atoms with Crippen LogP contribution in [0, 0.1) is 12.8 Å². The molecule has 27 heavy (non-hydrogen) atoms. The van der Waals surface area contributed by atoms with Crippen LogP contribution in [0.1, 0.15) is 24.2 Å². The molecular weight excluding hydrogens is 360 g/mol. The zero-order chi connectivity index (χ0) is 19.8. The molecule has 3 rings (SSSR count). The molecule has 2 aromatic rings. The number of rotatable bonds is 5. The number of halogens is 2. The first-order chi connectivity index (χ1) is 12.7. The molecule has 0 unspecified atom stereocenters. The van der Waals surface area contributed by atoms with Gasteiger partial charge in [-0.15, -0.1) is 5.10 Å². The number of aryl methyl sites for hydroxylation is 2. The minimum Gasteiger partial charge on any atom is -0.481 e. The average Bonchev–Trinajstić information content (AvgIpc) is 2.93. The lowest BCUT2D eigenvalue weighted by Gasteiger charge is -2.39. The van der Waals surface area contributed by atoms with E-state index in [1.807, 2.05) is 0 Å². The van der Waals surface area contributed by atoms with E-state index in [-0.39, 0.29) is 19.6 Å². The number of hydrogen-bond donors (Lipinski definition) is 2. The Kier molecular flexibility index (Phi) is 5.09. The molecule has 1 fully saturated rings. The summed E-state index contributed by atoms with van der Waals surface area (Å²) in [7, 11) is 1.65. The van der Waals surface area contributed by atoms with Crippen LogP contribution in [0.25, 0.3) is 11.4 Å². The molecule has 2 aromatic heterocycles. The maximum absolute atomic E-state index is 14.1. The molecule has 0 saturated carbocycles. The van der Waals surface area contributed by atoms with Crippen LogP contribution in [0.2, 0.25) is 0 Å². The van der Waals surface area contributed by atoms with E-state index < -0.39 is 30.8 Å². The second-order valence-electron chi connectivity index (χ2n) is 6.87. The number of piperidine rings is 1. The third-order valence-electron chi connectivity index (χ3n) is 4.69. The summed E-state index contributed by atoms with van der Waals surface area (Å²) in [5.41, 5.74) is 2.47. The number of aliphatic hydroxyl groups excluding tert-OH is 1. The minimum absolute atomic E-state index is 0.233. The molecule has 0 bridgehead atoms. The summed E-state index contributed by atoms with van der Waals surface area (Å²) < 4.78 is 29.7. The van der Waals surface area contributed by atoms with E-state index in [1.54, 1.807) is 26.1 Å². The van der Waals surface area contributed by atoms with Gasteiger partial charge < -0.3 is 15.1 Å². The quantitative estimate of drug-likeness (QED) is 0.811. The monoisotopic (exact) mass is 381 g/mol. The first-order valence-corrected chi connectivity index (χ1v) is 8.52. The van der Waals surface area contributed by atoms with E-state index in [0.29, 0.717) is 28.5 Å². The Morgan fingerprint density at radius 3 is 2.78 bits per heavy atom. The fraction of sp³-hybridized carbons (Fsp3) is 0.529. The van der Waals surface area contributed by atoms with Gasteiger partial charge in [-0.2, -0.15) is 0 Å². The number of carbonyl (C=O) groups is 1. The highest BCUT2D eigenvalue weighted by Crippen LogP contribution is 2.36. The smallest absolute Gasteiger partial charge is 0.303 e. The minimum atomic E-state index is -2.96. The third-order valence-corrected chi connectivity index (χ3v) is 4.69. The van der Waals surface area contributed by atoms with Gasteiger partial charge >= 0.3 is 5.97 Å². The number of aliphatic hydroxyl groups is 1. The summed E-state index contributed by atoms with van der Waals surface area (Å²) in [6.07, 6.45) is -0.726. The number of alkyl halides is 2. The van der Waals surface area contributed by atoms with Crippen molar-refractivity contribution in [3.63, 3.8) is 0 Å². The topological polar surface area (TPSA) is 104 Å². The van der Waals surface area contributed by atoms with Crippen molar-refractivity contribution in [1.82, 2.24) is 20.0 Å². The van der Waals surface area contributed by atoms with Gasteiger partial charge in [-0.3, -0.25) is 4.79 Å². The van der Waals surface area contributed by atoms with E-state index in [2.05, 4.69) is 15.3 Å². The van der Waals surface area contributed by atoms with E-state index in [1.165, 1.54) is 9.58 Å². The number of nitrogens with zero attached hydrogens (tertiary/aromatic N) is 5. The molecule has 10 heteroatoms. The van der Waals surface area contributed by atoms with Crippen molar-refractivity contribution < 1.29 is 23.8 Å². The predicted molar refractivity (Wildman–Crippen MR) is 92.4 cm³/mol. The number of hydrogen-bond acceptors (Lipinski definition) is 6. The molecule has 1 saturated heterocycles. The molecule has 0 aromatic carbocycles. The highest BCUT2D eigenvalue weighted by Gasteiger charge is 2.41. The van der Waals surface area contributed by atoms with E-state index in [9.17, 15) is 18.7 Å². The lowest BCUT2D eigenvalue weighted by Crippen LogP contribution is -2.48. The van der Waals surface area contributed by atoms with E-state index in [4.69, 9.17) is 5.11 Å². The Labute approximate surface area is 154 Å². The Morgan fingerprint density at radius 1 is 1.41 bits per heavy atom. The first-order valence-electron chi connectivity index (χ1n) is 8.52. The highest BCUT2D eigenvalue weighted by atomic mass is 19.3. The van der Waals surface area contributed by atoms with E-state index >= 15 is 0 Å². The zero-order valence-electron chi connectivity index (χ0n) is 15.1. The number of carboxylic acid groups (broad SMARTS) is 1.